The standard InChI is InChI=1S/C73H142O17P2/c1-7-9-11-13-14-15-16-17-18-19-20-21-26-29-34-39-45-51-57-72(77)90-69(62-84-71(76)56-50-44-38-33-28-25-23-22-24-27-31-36-42-47-53-65(3)4)64-88-92(81,82)86-60-67(74)59-85-91(79,80)87-63-68(61-83-70(75)55-49-41-12-10-8-2)89-73(78)58-52-46-40-35-30-32-37-43-48-54-66(5)6/h65-69,74H,7-64H2,1-6H3,(H,79,80)(H,81,82)/t67-,68+,69+/m0/s1. The Hall–Kier alpha value is -1.94. The van der Waals surface area contributed by atoms with E-state index in [2.05, 4.69) is 41.5 Å². The van der Waals surface area contributed by atoms with E-state index in [0.717, 1.165) is 108 Å². The maximum Gasteiger partial charge on any atom is 0.472 e. The van der Waals surface area contributed by atoms with Crippen molar-refractivity contribution in [2.45, 2.75) is 394 Å². The highest BCUT2D eigenvalue weighted by Gasteiger charge is 2.30. The lowest BCUT2D eigenvalue weighted by atomic mass is 10.0. The Kier molecular flexibility index (Phi) is 63.7. The zero-order valence-corrected chi connectivity index (χ0v) is 61.6. The van der Waals surface area contributed by atoms with Crippen LogP contribution in [0.4, 0.5) is 0 Å². The number of rotatable bonds is 72. The molecule has 0 radical (unpaired) electrons. The van der Waals surface area contributed by atoms with Gasteiger partial charge in [0.05, 0.1) is 26.4 Å². The highest BCUT2D eigenvalue weighted by Crippen LogP contribution is 2.45. The van der Waals surface area contributed by atoms with Crippen LogP contribution in [-0.4, -0.2) is 96.7 Å². The molecule has 0 rings (SSSR count). The largest absolute Gasteiger partial charge is 0.472 e. The average Bonchev–Trinajstić information content (AvgIpc) is 1.69. The number of hydrogen-bond donors (Lipinski definition) is 3. The van der Waals surface area contributed by atoms with Crippen molar-refractivity contribution < 1.29 is 80.2 Å². The van der Waals surface area contributed by atoms with Crippen LogP contribution in [0.3, 0.4) is 0 Å². The maximum absolute atomic E-state index is 13.1. The van der Waals surface area contributed by atoms with E-state index in [1.165, 1.54) is 186 Å². The molecule has 0 aliphatic rings. The molecule has 0 spiro atoms. The van der Waals surface area contributed by atoms with E-state index >= 15 is 0 Å². The molecule has 19 heteroatoms. The van der Waals surface area contributed by atoms with Crippen LogP contribution in [0, 0.1) is 11.8 Å². The predicted molar refractivity (Wildman–Crippen MR) is 372 cm³/mol. The molecule has 0 saturated heterocycles. The molecule has 0 aromatic heterocycles. The van der Waals surface area contributed by atoms with Crippen LogP contribution in [0.25, 0.3) is 0 Å². The number of aliphatic hydroxyl groups is 1. The number of unbranched alkanes of at least 4 members (excludes halogenated alkanes) is 42. The van der Waals surface area contributed by atoms with Gasteiger partial charge in [0.1, 0.15) is 19.3 Å². The molecule has 0 aliphatic heterocycles. The van der Waals surface area contributed by atoms with Crippen molar-refractivity contribution in [2.75, 3.05) is 39.6 Å². The Morgan fingerprint density at radius 3 is 0.739 bits per heavy atom. The Bertz CT molecular complexity index is 1790. The molecule has 0 saturated carbocycles. The van der Waals surface area contributed by atoms with Gasteiger partial charge >= 0.3 is 39.5 Å². The number of esters is 4. The Morgan fingerprint density at radius 1 is 0.293 bits per heavy atom. The van der Waals surface area contributed by atoms with Crippen LogP contribution in [0.15, 0.2) is 0 Å². The Morgan fingerprint density at radius 2 is 0.500 bits per heavy atom. The topological polar surface area (TPSA) is 237 Å². The van der Waals surface area contributed by atoms with Gasteiger partial charge in [0.25, 0.3) is 0 Å². The van der Waals surface area contributed by atoms with Gasteiger partial charge in [-0.05, 0) is 37.5 Å². The van der Waals surface area contributed by atoms with E-state index in [4.69, 9.17) is 37.0 Å². The second-order valence-corrected chi connectivity index (χ2v) is 30.2. The summed E-state index contributed by atoms with van der Waals surface area (Å²) in [6.45, 7) is 9.48. The molecular formula is C73H142O17P2. The molecule has 0 aromatic rings. The zero-order chi connectivity index (χ0) is 67.9. The smallest absolute Gasteiger partial charge is 0.462 e. The quantitative estimate of drug-likeness (QED) is 0.0222. The van der Waals surface area contributed by atoms with E-state index in [1.54, 1.807) is 0 Å². The van der Waals surface area contributed by atoms with Gasteiger partial charge in [-0.1, -0.05) is 324 Å². The summed E-state index contributed by atoms with van der Waals surface area (Å²) in [7, 11) is -9.90. The van der Waals surface area contributed by atoms with Crippen LogP contribution in [-0.2, 0) is 65.4 Å². The summed E-state index contributed by atoms with van der Waals surface area (Å²) in [5, 5.41) is 10.6. The third kappa shape index (κ3) is 66.7. The molecule has 92 heavy (non-hydrogen) atoms. The second-order valence-electron chi connectivity index (χ2n) is 27.3. The van der Waals surface area contributed by atoms with Gasteiger partial charge in [-0.2, -0.15) is 0 Å². The number of phosphoric ester groups is 2. The van der Waals surface area contributed by atoms with Crippen LogP contribution >= 0.6 is 15.6 Å². The van der Waals surface area contributed by atoms with E-state index in [0.29, 0.717) is 25.7 Å². The third-order valence-corrected chi connectivity index (χ3v) is 18.9. The molecule has 0 amide bonds. The minimum atomic E-state index is -4.95. The van der Waals surface area contributed by atoms with Crippen molar-refractivity contribution >= 4 is 39.5 Å². The first-order valence-corrected chi connectivity index (χ1v) is 41.0. The number of aliphatic hydroxyl groups excluding tert-OH is 1. The minimum Gasteiger partial charge on any atom is -0.462 e. The van der Waals surface area contributed by atoms with Gasteiger partial charge in [-0.3, -0.25) is 37.3 Å². The fraction of sp³-hybridized carbons (Fsp3) is 0.945. The van der Waals surface area contributed by atoms with Crippen molar-refractivity contribution in [3.05, 3.63) is 0 Å². The number of ether oxygens (including phenoxy) is 4. The van der Waals surface area contributed by atoms with Crippen LogP contribution < -0.4 is 0 Å². The highest BCUT2D eigenvalue weighted by molar-refractivity contribution is 7.47. The van der Waals surface area contributed by atoms with Crippen LogP contribution in [0.1, 0.15) is 375 Å². The molecule has 0 fully saturated rings. The Balaban J connectivity index is 5.15. The Labute approximate surface area is 562 Å². The lowest BCUT2D eigenvalue weighted by Crippen LogP contribution is -2.30. The molecule has 0 aliphatic carbocycles. The summed E-state index contributed by atoms with van der Waals surface area (Å²) in [4.78, 5) is 72.4. The first kappa shape index (κ1) is 90.1. The lowest BCUT2D eigenvalue weighted by Gasteiger charge is -2.21. The van der Waals surface area contributed by atoms with Crippen molar-refractivity contribution in [1.29, 1.82) is 0 Å². The van der Waals surface area contributed by atoms with Crippen LogP contribution in [0.5, 0.6) is 0 Å². The van der Waals surface area contributed by atoms with Gasteiger partial charge in [0.2, 0.25) is 0 Å². The van der Waals surface area contributed by atoms with E-state index in [9.17, 15) is 43.2 Å². The van der Waals surface area contributed by atoms with Gasteiger partial charge in [0, 0.05) is 25.7 Å². The normalized spacial score (nSPS) is 14.1. The summed E-state index contributed by atoms with van der Waals surface area (Å²) in [5.41, 5.74) is 0. The molecule has 0 aromatic carbocycles. The average molecular weight is 1350 g/mol. The van der Waals surface area contributed by atoms with E-state index in [-0.39, 0.29) is 25.7 Å². The second kappa shape index (κ2) is 65.0. The fourth-order valence-corrected chi connectivity index (χ4v) is 12.7. The fourth-order valence-electron chi connectivity index (χ4n) is 11.1. The number of carbonyl (C=O) groups excluding carboxylic acids is 4. The molecule has 5 atom stereocenters. The van der Waals surface area contributed by atoms with Gasteiger partial charge < -0.3 is 33.8 Å². The molecule has 0 bridgehead atoms. The zero-order valence-electron chi connectivity index (χ0n) is 59.9. The van der Waals surface area contributed by atoms with E-state index in [1.807, 2.05) is 0 Å². The van der Waals surface area contributed by atoms with Crippen molar-refractivity contribution in [1.82, 2.24) is 0 Å². The van der Waals surface area contributed by atoms with Crippen molar-refractivity contribution in [2.24, 2.45) is 11.8 Å². The maximum atomic E-state index is 13.1. The summed E-state index contributed by atoms with van der Waals surface area (Å²) < 4.78 is 68.2. The van der Waals surface area contributed by atoms with Crippen molar-refractivity contribution in [3.8, 4) is 0 Å². The SMILES string of the molecule is CCCCCCCCCCCCCCCCCCCCC(=O)O[C@H](COC(=O)CCCCCCCCCCCCCCCCC(C)C)COP(=O)(O)OC[C@@H](O)COP(=O)(O)OC[C@@H](COC(=O)CCCCCCC)OC(=O)CCCCCCCCCCCC(C)C. The summed E-state index contributed by atoms with van der Waals surface area (Å²) in [6.07, 6.45) is 51.8. The number of carbonyl (C=O) groups is 4. The van der Waals surface area contributed by atoms with Gasteiger partial charge in [-0.15, -0.1) is 0 Å². The molecule has 2 unspecified atom stereocenters. The summed E-state index contributed by atoms with van der Waals surface area (Å²) in [6, 6.07) is 0. The predicted octanol–water partition coefficient (Wildman–Crippen LogP) is 21.2. The molecule has 0 heterocycles. The molecule has 546 valence electrons. The number of phosphoric acid groups is 2. The van der Waals surface area contributed by atoms with Crippen LogP contribution in [0.2, 0.25) is 0 Å². The van der Waals surface area contributed by atoms with Gasteiger partial charge in [-0.25, -0.2) is 9.13 Å². The summed E-state index contributed by atoms with van der Waals surface area (Å²) in [5.74, 6) is -0.595. The molecular weight excluding hydrogens is 1210 g/mol. The third-order valence-electron chi connectivity index (χ3n) is 17.0. The highest BCUT2D eigenvalue weighted by atomic mass is 31.2. The number of hydrogen-bond acceptors (Lipinski definition) is 15. The first-order chi connectivity index (χ1) is 44.4. The molecule has 17 nitrogen and oxygen atoms in total. The van der Waals surface area contributed by atoms with Crippen molar-refractivity contribution in [3.63, 3.8) is 0 Å². The van der Waals surface area contributed by atoms with E-state index < -0.39 is 97.5 Å². The summed E-state index contributed by atoms with van der Waals surface area (Å²) >= 11 is 0. The lowest BCUT2D eigenvalue weighted by molar-refractivity contribution is -0.161. The molecule has 3 N–H and O–H groups in total. The first-order valence-electron chi connectivity index (χ1n) is 38.0. The monoisotopic (exact) mass is 1350 g/mol. The van der Waals surface area contributed by atoms with Gasteiger partial charge in [0.15, 0.2) is 12.2 Å². The minimum absolute atomic E-state index is 0.104.